The summed E-state index contributed by atoms with van der Waals surface area (Å²) in [4.78, 5) is 16.4. The molecule has 5 nitrogen and oxygen atoms in total. The van der Waals surface area contributed by atoms with Gasteiger partial charge in [0, 0.05) is 38.2 Å². The van der Waals surface area contributed by atoms with Crippen LogP contribution in [0.25, 0.3) is 0 Å². The first-order valence-corrected chi connectivity index (χ1v) is 7.12. The number of aryl methyl sites for hydroxylation is 1. The first-order valence-electron chi connectivity index (χ1n) is 7.12. The molecule has 1 unspecified atom stereocenters. The van der Waals surface area contributed by atoms with Crippen LogP contribution in [0.15, 0.2) is 17.2 Å². The molecule has 106 valence electrons. The third-order valence-electron chi connectivity index (χ3n) is 3.72. The second kappa shape index (κ2) is 6.70. The van der Waals surface area contributed by atoms with E-state index in [1.807, 2.05) is 0 Å². The van der Waals surface area contributed by atoms with Gasteiger partial charge in [0.2, 0.25) is 0 Å². The molecule has 1 aliphatic rings. The number of hydrogen-bond acceptors (Lipinski definition) is 4. The lowest BCUT2D eigenvalue weighted by molar-refractivity contribution is 0.0622. The van der Waals surface area contributed by atoms with Crippen LogP contribution in [0.2, 0.25) is 0 Å². The van der Waals surface area contributed by atoms with E-state index in [1.165, 1.54) is 0 Å². The van der Waals surface area contributed by atoms with Crippen LogP contribution in [0.3, 0.4) is 0 Å². The summed E-state index contributed by atoms with van der Waals surface area (Å²) < 4.78 is 7.08. The summed E-state index contributed by atoms with van der Waals surface area (Å²) in [5, 5.41) is 3.28. The van der Waals surface area contributed by atoms with Gasteiger partial charge in [-0.15, -0.1) is 0 Å². The smallest absolute Gasteiger partial charge is 0.293 e. The van der Waals surface area contributed by atoms with E-state index < -0.39 is 0 Å². The molecule has 19 heavy (non-hydrogen) atoms. The van der Waals surface area contributed by atoms with E-state index in [9.17, 15) is 4.79 Å². The quantitative estimate of drug-likeness (QED) is 0.883. The standard InChI is InChI=1S/C14H23N3O2/c1-3-7-17-8-6-15-13(14(17)18)16-11(2)12-4-9-19-10-5-12/h6,8,11-12H,3-5,7,9-10H2,1-2H3,(H,15,16). The number of nitrogens with zero attached hydrogens (tertiary/aromatic N) is 2. The predicted molar refractivity (Wildman–Crippen MR) is 75.4 cm³/mol. The first kappa shape index (κ1) is 14.1. The van der Waals surface area contributed by atoms with Crippen LogP contribution in [0, 0.1) is 5.92 Å². The average Bonchev–Trinajstić information content (AvgIpc) is 2.44. The van der Waals surface area contributed by atoms with Crippen LogP contribution in [-0.2, 0) is 11.3 Å². The number of nitrogens with one attached hydrogen (secondary N) is 1. The van der Waals surface area contributed by atoms with Crippen LogP contribution in [0.5, 0.6) is 0 Å². The molecular formula is C14H23N3O2. The molecule has 1 aromatic rings. The Morgan fingerprint density at radius 2 is 2.26 bits per heavy atom. The van der Waals surface area contributed by atoms with Gasteiger partial charge in [-0.25, -0.2) is 4.98 Å². The van der Waals surface area contributed by atoms with E-state index in [0.717, 1.165) is 39.0 Å². The highest BCUT2D eigenvalue weighted by Gasteiger charge is 2.21. The molecule has 0 radical (unpaired) electrons. The Bertz CT molecular complexity index is 452. The largest absolute Gasteiger partial charge is 0.381 e. The normalized spacial score (nSPS) is 18.2. The summed E-state index contributed by atoms with van der Waals surface area (Å²) >= 11 is 0. The highest BCUT2D eigenvalue weighted by molar-refractivity contribution is 5.32. The van der Waals surface area contributed by atoms with Gasteiger partial charge in [0.25, 0.3) is 5.56 Å². The maximum Gasteiger partial charge on any atom is 0.293 e. The van der Waals surface area contributed by atoms with Crippen LogP contribution >= 0.6 is 0 Å². The second-order valence-corrected chi connectivity index (χ2v) is 5.16. The summed E-state index contributed by atoms with van der Waals surface area (Å²) in [6.07, 6.45) is 6.47. The molecular weight excluding hydrogens is 242 g/mol. The molecule has 1 aromatic heterocycles. The van der Waals surface area contributed by atoms with Gasteiger partial charge in [0.1, 0.15) is 0 Å². The predicted octanol–water partition coefficient (Wildman–Crippen LogP) is 1.88. The van der Waals surface area contributed by atoms with E-state index in [1.54, 1.807) is 17.0 Å². The Morgan fingerprint density at radius 3 is 2.95 bits per heavy atom. The molecule has 1 N–H and O–H groups in total. The second-order valence-electron chi connectivity index (χ2n) is 5.16. The molecule has 0 amide bonds. The van der Waals surface area contributed by atoms with Crippen molar-refractivity contribution in [2.24, 2.45) is 5.92 Å². The minimum absolute atomic E-state index is 0.0248. The highest BCUT2D eigenvalue weighted by atomic mass is 16.5. The number of anilines is 1. The fraction of sp³-hybridized carbons (Fsp3) is 0.714. The van der Waals surface area contributed by atoms with Gasteiger partial charge in [0.05, 0.1) is 0 Å². The number of hydrogen-bond donors (Lipinski definition) is 1. The molecule has 1 aliphatic heterocycles. The van der Waals surface area contributed by atoms with Crippen molar-refractivity contribution in [3.63, 3.8) is 0 Å². The fourth-order valence-electron chi connectivity index (χ4n) is 2.51. The molecule has 5 heteroatoms. The topological polar surface area (TPSA) is 56.1 Å². The molecule has 0 aliphatic carbocycles. The third kappa shape index (κ3) is 3.56. The highest BCUT2D eigenvalue weighted by Crippen LogP contribution is 2.20. The monoisotopic (exact) mass is 265 g/mol. The zero-order valence-electron chi connectivity index (χ0n) is 11.8. The minimum atomic E-state index is -0.0248. The van der Waals surface area contributed by atoms with Crippen molar-refractivity contribution in [3.8, 4) is 0 Å². The Balaban J connectivity index is 2.05. The fourth-order valence-corrected chi connectivity index (χ4v) is 2.51. The Kier molecular flexibility index (Phi) is 4.96. The van der Waals surface area contributed by atoms with Gasteiger partial charge in [0.15, 0.2) is 5.82 Å². The van der Waals surface area contributed by atoms with Crippen molar-refractivity contribution in [1.82, 2.24) is 9.55 Å². The SMILES string of the molecule is CCCn1ccnc(NC(C)C2CCOCC2)c1=O. The molecule has 2 heterocycles. The van der Waals surface area contributed by atoms with E-state index in [0.29, 0.717) is 11.7 Å². The van der Waals surface area contributed by atoms with Crippen molar-refractivity contribution in [1.29, 1.82) is 0 Å². The molecule has 2 rings (SSSR count). The van der Waals surface area contributed by atoms with Crippen LogP contribution < -0.4 is 10.9 Å². The number of rotatable bonds is 5. The first-order chi connectivity index (χ1) is 9.22. The lowest BCUT2D eigenvalue weighted by Gasteiger charge is -2.28. The Morgan fingerprint density at radius 1 is 1.53 bits per heavy atom. The average molecular weight is 265 g/mol. The van der Waals surface area contributed by atoms with Crippen molar-refractivity contribution in [3.05, 3.63) is 22.7 Å². The van der Waals surface area contributed by atoms with Gasteiger partial charge in [-0.2, -0.15) is 0 Å². The maximum absolute atomic E-state index is 12.2. The molecule has 0 aromatic carbocycles. The maximum atomic E-state index is 12.2. The summed E-state index contributed by atoms with van der Waals surface area (Å²) in [7, 11) is 0. The summed E-state index contributed by atoms with van der Waals surface area (Å²) in [5.74, 6) is 1.02. The Labute approximate surface area is 114 Å². The number of aromatic nitrogens is 2. The molecule has 1 saturated heterocycles. The van der Waals surface area contributed by atoms with E-state index in [4.69, 9.17) is 4.74 Å². The molecule has 1 atom stereocenters. The van der Waals surface area contributed by atoms with Crippen molar-refractivity contribution in [2.45, 2.75) is 45.7 Å². The number of ether oxygens (including phenoxy) is 1. The minimum Gasteiger partial charge on any atom is -0.381 e. The summed E-state index contributed by atoms with van der Waals surface area (Å²) in [6, 6.07) is 0.251. The zero-order valence-corrected chi connectivity index (χ0v) is 11.8. The van der Waals surface area contributed by atoms with Gasteiger partial charge < -0.3 is 14.6 Å². The van der Waals surface area contributed by atoms with Gasteiger partial charge in [-0.1, -0.05) is 6.92 Å². The molecule has 0 saturated carbocycles. The zero-order chi connectivity index (χ0) is 13.7. The molecule has 0 bridgehead atoms. The van der Waals surface area contributed by atoms with Crippen LogP contribution in [0.1, 0.15) is 33.1 Å². The van der Waals surface area contributed by atoms with Crippen molar-refractivity contribution >= 4 is 5.82 Å². The van der Waals surface area contributed by atoms with Gasteiger partial charge in [-0.05, 0) is 32.1 Å². The summed E-state index contributed by atoms with van der Waals surface area (Å²) in [6.45, 7) is 6.55. The van der Waals surface area contributed by atoms with Crippen molar-refractivity contribution < 1.29 is 4.74 Å². The lowest BCUT2D eigenvalue weighted by atomic mass is 9.93. The van der Waals surface area contributed by atoms with Crippen molar-refractivity contribution in [2.75, 3.05) is 18.5 Å². The lowest BCUT2D eigenvalue weighted by Crippen LogP contribution is -2.34. The van der Waals surface area contributed by atoms with E-state index >= 15 is 0 Å². The molecule has 1 fully saturated rings. The molecule has 0 spiro atoms. The summed E-state index contributed by atoms with van der Waals surface area (Å²) in [5.41, 5.74) is -0.0248. The van der Waals surface area contributed by atoms with E-state index in [-0.39, 0.29) is 11.6 Å². The van der Waals surface area contributed by atoms with Gasteiger partial charge >= 0.3 is 0 Å². The third-order valence-corrected chi connectivity index (χ3v) is 3.72. The van der Waals surface area contributed by atoms with Crippen LogP contribution in [0.4, 0.5) is 5.82 Å². The van der Waals surface area contributed by atoms with Crippen LogP contribution in [-0.4, -0.2) is 28.8 Å². The van der Waals surface area contributed by atoms with E-state index in [2.05, 4.69) is 24.1 Å². The Hall–Kier alpha value is -1.36. The van der Waals surface area contributed by atoms with Gasteiger partial charge in [-0.3, -0.25) is 4.79 Å².